The van der Waals surface area contributed by atoms with E-state index in [1.54, 1.807) is 30.3 Å². The maximum absolute atomic E-state index is 14.8. The number of Topliss-reactive ketones (excluding diaryl/α,β-unsaturated/α-hetero) is 1. The Morgan fingerprint density at radius 2 is 1.74 bits per heavy atom. The molecule has 34 heavy (non-hydrogen) atoms. The van der Waals surface area contributed by atoms with E-state index in [0.717, 1.165) is 22.6 Å². The van der Waals surface area contributed by atoms with E-state index in [1.165, 1.54) is 6.07 Å². The first kappa shape index (κ1) is 21.6. The summed E-state index contributed by atoms with van der Waals surface area (Å²) in [6.45, 7) is 2.55. The number of carbonyl (C=O) groups excluding carboxylic acids is 2. The van der Waals surface area contributed by atoms with Gasteiger partial charge in [0.2, 0.25) is 0 Å². The van der Waals surface area contributed by atoms with Crippen LogP contribution in [0.5, 0.6) is 11.5 Å². The Balaban J connectivity index is 1.72. The molecule has 2 aliphatic heterocycles. The van der Waals surface area contributed by atoms with Crippen LogP contribution in [-0.4, -0.2) is 30.0 Å². The molecule has 0 saturated carbocycles. The summed E-state index contributed by atoms with van der Waals surface area (Å²) >= 11 is 0. The Bertz CT molecular complexity index is 1370. The second kappa shape index (κ2) is 8.30. The number of anilines is 1. The van der Waals surface area contributed by atoms with Crippen molar-refractivity contribution in [2.24, 2.45) is 0 Å². The number of carbonyl (C=O) groups is 2. The van der Waals surface area contributed by atoms with Gasteiger partial charge in [0, 0.05) is 11.6 Å². The summed E-state index contributed by atoms with van der Waals surface area (Å²) in [6, 6.07) is 13.2. The highest BCUT2D eigenvalue weighted by Gasteiger charge is 2.47. The third kappa shape index (κ3) is 3.57. The molecule has 0 aliphatic carbocycles. The van der Waals surface area contributed by atoms with Crippen LogP contribution in [0.15, 0.2) is 66.2 Å². The maximum atomic E-state index is 14.8. The fourth-order valence-electron chi connectivity index (χ4n) is 4.26. The standard InChI is InChI=1S/C26H19F2NO5/c1-14-3-2-4-15(11-14)23-22(24(30)16-5-8-20-21(12-16)34-10-9-33-20)25(31)26(32)29(23)19-7-6-17(27)13-18(19)28/h2-8,11-13,23,30H,9-10H2,1H3/b24-22-. The number of rotatable bonds is 3. The molecule has 172 valence electrons. The normalized spacial score (nSPS) is 18.9. The van der Waals surface area contributed by atoms with E-state index in [1.807, 2.05) is 13.0 Å². The minimum Gasteiger partial charge on any atom is -0.507 e. The first-order valence-corrected chi connectivity index (χ1v) is 10.6. The van der Waals surface area contributed by atoms with Crippen molar-refractivity contribution >= 4 is 23.1 Å². The first-order valence-electron chi connectivity index (χ1n) is 10.6. The van der Waals surface area contributed by atoms with Crippen LogP contribution in [0.3, 0.4) is 0 Å². The second-order valence-corrected chi connectivity index (χ2v) is 8.04. The van der Waals surface area contributed by atoms with Crippen molar-refractivity contribution in [1.29, 1.82) is 0 Å². The van der Waals surface area contributed by atoms with Gasteiger partial charge in [0.25, 0.3) is 11.7 Å². The number of aliphatic hydroxyl groups is 1. The van der Waals surface area contributed by atoms with E-state index in [2.05, 4.69) is 0 Å². The SMILES string of the molecule is Cc1cccc(C2/C(=C(/O)c3ccc4c(c3)OCCO4)C(=O)C(=O)N2c2ccc(F)cc2F)c1. The number of hydrogen-bond donors (Lipinski definition) is 1. The monoisotopic (exact) mass is 463 g/mol. The lowest BCUT2D eigenvalue weighted by molar-refractivity contribution is -0.132. The molecule has 0 bridgehead atoms. The van der Waals surface area contributed by atoms with E-state index < -0.39 is 35.1 Å². The number of nitrogens with zero attached hydrogens (tertiary/aromatic N) is 1. The van der Waals surface area contributed by atoms with E-state index in [-0.39, 0.29) is 16.8 Å². The quantitative estimate of drug-likeness (QED) is 0.347. The highest BCUT2D eigenvalue weighted by atomic mass is 19.1. The molecular formula is C26H19F2NO5. The van der Waals surface area contributed by atoms with Crippen LogP contribution in [0.25, 0.3) is 5.76 Å². The van der Waals surface area contributed by atoms with Gasteiger partial charge in [-0.2, -0.15) is 0 Å². The van der Waals surface area contributed by atoms with Crippen molar-refractivity contribution in [1.82, 2.24) is 0 Å². The van der Waals surface area contributed by atoms with Crippen molar-refractivity contribution in [2.45, 2.75) is 13.0 Å². The lowest BCUT2D eigenvalue weighted by atomic mass is 9.94. The number of ketones is 1. The van der Waals surface area contributed by atoms with Gasteiger partial charge < -0.3 is 14.6 Å². The Labute approximate surface area is 193 Å². The highest BCUT2D eigenvalue weighted by molar-refractivity contribution is 6.51. The van der Waals surface area contributed by atoms with Crippen LogP contribution in [-0.2, 0) is 9.59 Å². The van der Waals surface area contributed by atoms with Crippen molar-refractivity contribution in [3.8, 4) is 11.5 Å². The summed E-state index contributed by atoms with van der Waals surface area (Å²) in [5, 5.41) is 11.2. The molecular weight excluding hydrogens is 444 g/mol. The number of aryl methyl sites for hydroxylation is 1. The third-order valence-corrected chi connectivity index (χ3v) is 5.79. The van der Waals surface area contributed by atoms with Crippen LogP contribution in [0.4, 0.5) is 14.5 Å². The fourth-order valence-corrected chi connectivity index (χ4v) is 4.26. The summed E-state index contributed by atoms with van der Waals surface area (Å²) in [6.07, 6.45) is 0. The zero-order chi connectivity index (χ0) is 24.0. The summed E-state index contributed by atoms with van der Waals surface area (Å²) < 4.78 is 39.4. The molecule has 1 saturated heterocycles. The fraction of sp³-hybridized carbons (Fsp3) is 0.154. The van der Waals surface area contributed by atoms with Gasteiger partial charge in [-0.1, -0.05) is 29.8 Å². The maximum Gasteiger partial charge on any atom is 0.300 e. The van der Waals surface area contributed by atoms with Gasteiger partial charge >= 0.3 is 0 Å². The van der Waals surface area contributed by atoms with Gasteiger partial charge in [-0.15, -0.1) is 0 Å². The van der Waals surface area contributed by atoms with E-state index in [4.69, 9.17) is 9.47 Å². The summed E-state index contributed by atoms with van der Waals surface area (Å²) in [4.78, 5) is 27.2. The molecule has 0 aromatic heterocycles. The third-order valence-electron chi connectivity index (χ3n) is 5.79. The van der Waals surface area contributed by atoms with E-state index in [9.17, 15) is 23.5 Å². The Hall–Kier alpha value is -4.20. The highest BCUT2D eigenvalue weighted by Crippen LogP contribution is 2.44. The molecule has 3 aromatic carbocycles. The summed E-state index contributed by atoms with van der Waals surface area (Å²) in [5.74, 6) is -3.39. The molecule has 1 amide bonds. The first-order chi connectivity index (χ1) is 16.3. The van der Waals surface area contributed by atoms with Crippen LogP contribution < -0.4 is 14.4 Å². The number of amides is 1. The van der Waals surface area contributed by atoms with Crippen LogP contribution in [0.1, 0.15) is 22.7 Å². The number of ether oxygens (including phenoxy) is 2. The molecule has 6 nitrogen and oxygen atoms in total. The second-order valence-electron chi connectivity index (χ2n) is 8.04. The Morgan fingerprint density at radius 3 is 2.47 bits per heavy atom. The molecule has 5 rings (SSSR count). The number of benzene rings is 3. The van der Waals surface area contributed by atoms with Crippen molar-refractivity contribution in [2.75, 3.05) is 18.1 Å². The van der Waals surface area contributed by atoms with Gasteiger partial charge in [-0.05, 0) is 42.8 Å². The lowest BCUT2D eigenvalue weighted by Gasteiger charge is -2.26. The van der Waals surface area contributed by atoms with Crippen molar-refractivity contribution < 1.29 is 33.0 Å². The lowest BCUT2D eigenvalue weighted by Crippen LogP contribution is -2.30. The predicted molar refractivity (Wildman–Crippen MR) is 120 cm³/mol. The predicted octanol–water partition coefficient (Wildman–Crippen LogP) is 4.67. The van der Waals surface area contributed by atoms with Gasteiger partial charge in [-0.3, -0.25) is 14.5 Å². The zero-order valence-electron chi connectivity index (χ0n) is 18.0. The van der Waals surface area contributed by atoms with Crippen LogP contribution in [0, 0.1) is 18.6 Å². The number of halogens is 2. The topological polar surface area (TPSA) is 76.1 Å². The minimum atomic E-state index is -1.13. The smallest absolute Gasteiger partial charge is 0.300 e. The molecule has 0 spiro atoms. The minimum absolute atomic E-state index is 0.212. The molecule has 2 aliphatic rings. The average molecular weight is 463 g/mol. The molecule has 8 heteroatoms. The van der Waals surface area contributed by atoms with E-state index in [0.29, 0.717) is 36.3 Å². The molecule has 3 aromatic rings. The average Bonchev–Trinajstić information content (AvgIpc) is 3.09. The molecule has 0 radical (unpaired) electrons. The van der Waals surface area contributed by atoms with Crippen LogP contribution >= 0.6 is 0 Å². The number of fused-ring (bicyclic) bond motifs is 1. The zero-order valence-corrected chi connectivity index (χ0v) is 18.0. The Morgan fingerprint density at radius 1 is 0.971 bits per heavy atom. The van der Waals surface area contributed by atoms with Gasteiger partial charge in [-0.25, -0.2) is 8.78 Å². The van der Waals surface area contributed by atoms with Crippen LogP contribution in [0.2, 0.25) is 0 Å². The molecule has 2 heterocycles. The Kier molecular flexibility index (Phi) is 5.28. The summed E-state index contributed by atoms with van der Waals surface area (Å²) in [5.41, 5.74) is 1.08. The number of hydrogen-bond acceptors (Lipinski definition) is 5. The molecule has 1 N–H and O–H groups in total. The van der Waals surface area contributed by atoms with Crippen molar-refractivity contribution in [3.05, 3.63) is 94.6 Å². The molecule has 1 fully saturated rings. The molecule has 1 unspecified atom stereocenters. The molecule has 1 atom stereocenters. The number of aliphatic hydroxyl groups excluding tert-OH is 1. The van der Waals surface area contributed by atoms with E-state index >= 15 is 0 Å². The van der Waals surface area contributed by atoms with Gasteiger partial charge in [0.15, 0.2) is 11.5 Å². The van der Waals surface area contributed by atoms with Crippen molar-refractivity contribution in [3.63, 3.8) is 0 Å². The van der Waals surface area contributed by atoms with Gasteiger partial charge in [0.05, 0.1) is 17.3 Å². The summed E-state index contributed by atoms with van der Waals surface area (Å²) in [7, 11) is 0. The largest absolute Gasteiger partial charge is 0.507 e. The van der Waals surface area contributed by atoms with Gasteiger partial charge in [0.1, 0.15) is 30.6 Å².